The van der Waals surface area contributed by atoms with Crippen LogP contribution in [0.3, 0.4) is 0 Å². The van der Waals surface area contributed by atoms with Gasteiger partial charge in [0.05, 0.1) is 0 Å². The lowest BCUT2D eigenvalue weighted by atomic mass is 10.3. The topological polar surface area (TPSA) is 43.9 Å². The Kier molecular flexibility index (Phi) is 0.615. The Bertz CT molecular complexity index is 59.8. The van der Waals surface area contributed by atoms with Crippen LogP contribution in [-0.2, 0) is 0 Å². The van der Waals surface area contributed by atoms with Crippen molar-refractivity contribution in [2.24, 2.45) is 0 Å². The predicted octanol–water partition coefficient (Wildman–Crippen LogP) is -0.220. The molecule has 1 rings (SSSR count). The summed E-state index contributed by atoms with van der Waals surface area (Å²) in [7, 11) is 0. The first-order chi connectivity index (χ1) is 2.77. The summed E-state index contributed by atoms with van der Waals surface area (Å²) in [6, 6.07) is 0. The Morgan fingerprint density at radius 3 is 2.17 bits per heavy atom. The van der Waals surface area contributed by atoms with E-state index in [1.54, 1.807) is 6.92 Å². The minimum Gasteiger partial charge on any atom is -0.247 e. The number of hydrogen-bond acceptors (Lipinski definition) is 2. The maximum Gasteiger partial charge on any atom is 0.123 e. The second kappa shape index (κ2) is 0.918. The monoisotopic (exact) mass is 90.1 g/mol. The second-order valence-corrected chi connectivity index (χ2v) is 1.72. The molecule has 0 spiro atoms. The van der Waals surface area contributed by atoms with Crippen molar-refractivity contribution in [3.05, 3.63) is 0 Å². The summed E-state index contributed by atoms with van der Waals surface area (Å²) in [5.74, 6) is 0. The maximum absolute atomic E-state index is 11.4. The van der Waals surface area contributed by atoms with Crippen molar-refractivity contribution in [1.82, 2.24) is 10.9 Å². The number of hydrogen-bond donors (Lipinski definition) is 2. The third kappa shape index (κ3) is 0.507. The third-order valence-corrected chi connectivity index (χ3v) is 0.819. The molecule has 1 heterocycles. The first-order valence-electron chi connectivity index (χ1n) is 1.87. The van der Waals surface area contributed by atoms with Gasteiger partial charge in [0.15, 0.2) is 0 Å². The smallest absolute Gasteiger partial charge is 0.123 e. The van der Waals surface area contributed by atoms with Gasteiger partial charge in [0, 0.05) is 0 Å². The molecule has 0 aromatic rings. The van der Waals surface area contributed by atoms with E-state index < -0.39 is 0 Å². The highest BCUT2D eigenvalue weighted by atomic mass is 19.1. The van der Waals surface area contributed by atoms with E-state index in [-0.39, 0.29) is 12.3 Å². The summed E-state index contributed by atoms with van der Waals surface area (Å²) in [6.07, 6.45) is 0. The summed E-state index contributed by atoms with van der Waals surface area (Å²) in [4.78, 5) is 0. The maximum atomic E-state index is 11.4. The van der Waals surface area contributed by atoms with Crippen LogP contribution in [-0.4, -0.2) is 12.3 Å². The Hall–Kier alpha value is -0.150. The van der Waals surface area contributed by atoms with Crippen molar-refractivity contribution in [3.63, 3.8) is 0 Å². The fourth-order valence-corrected chi connectivity index (χ4v) is 0.174. The van der Waals surface area contributed by atoms with E-state index in [2.05, 4.69) is 10.9 Å². The molecule has 0 atom stereocenters. The van der Waals surface area contributed by atoms with Crippen molar-refractivity contribution in [2.75, 3.05) is 6.67 Å². The molecule has 0 saturated carbocycles. The molecule has 0 amide bonds. The van der Waals surface area contributed by atoms with Crippen molar-refractivity contribution in [3.8, 4) is 0 Å². The molecule has 1 fully saturated rings. The molecule has 3 heteroatoms. The van der Waals surface area contributed by atoms with Gasteiger partial charge in [-0.3, -0.25) is 0 Å². The molecule has 6 heavy (non-hydrogen) atoms. The Labute approximate surface area is 35.7 Å². The minimum absolute atomic E-state index is 0.340. The van der Waals surface area contributed by atoms with Crippen molar-refractivity contribution in [1.29, 1.82) is 0 Å². The number of halogens is 1. The van der Waals surface area contributed by atoms with Crippen LogP contribution in [0, 0.1) is 0 Å². The number of nitrogens with one attached hydrogen (secondary N) is 2. The molecular formula is C3H7FN2. The van der Waals surface area contributed by atoms with Gasteiger partial charge in [-0.05, 0) is 6.92 Å². The van der Waals surface area contributed by atoms with Gasteiger partial charge in [-0.25, -0.2) is 15.2 Å². The summed E-state index contributed by atoms with van der Waals surface area (Å²) < 4.78 is 11.4. The van der Waals surface area contributed by atoms with Gasteiger partial charge in [-0.1, -0.05) is 0 Å². The van der Waals surface area contributed by atoms with Crippen LogP contribution in [0.5, 0.6) is 0 Å². The summed E-state index contributed by atoms with van der Waals surface area (Å²) >= 11 is 0. The van der Waals surface area contributed by atoms with Crippen LogP contribution >= 0.6 is 0 Å². The van der Waals surface area contributed by atoms with Crippen LogP contribution < -0.4 is 10.9 Å². The average molecular weight is 90.1 g/mol. The second-order valence-electron chi connectivity index (χ2n) is 1.72. The summed E-state index contributed by atoms with van der Waals surface area (Å²) in [5, 5.41) is 0. The highest BCUT2D eigenvalue weighted by Gasteiger charge is 2.35. The summed E-state index contributed by atoms with van der Waals surface area (Å²) in [6.45, 7) is 1.42. The highest BCUT2D eigenvalue weighted by molar-refractivity contribution is 4.87. The standard InChI is InChI=1S/C3H7FN2/c1-3(2-4)5-6-3/h5-6H,2H2,1H3. The normalized spacial score (nSPS) is 27.0. The molecule has 0 aliphatic carbocycles. The molecule has 2 nitrogen and oxygen atoms in total. The lowest BCUT2D eigenvalue weighted by Crippen LogP contribution is -2.13. The molecule has 0 unspecified atom stereocenters. The Balaban J connectivity index is 2.28. The molecule has 1 aliphatic heterocycles. The van der Waals surface area contributed by atoms with Gasteiger partial charge in [-0.2, -0.15) is 0 Å². The number of hydrazine groups is 1. The zero-order chi connectivity index (χ0) is 4.62. The van der Waals surface area contributed by atoms with E-state index in [0.29, 0.717) is 0 Å². The number of alkyl halides is 1. The van der Waals surface area contributed by atoms with Crippen LogP contribution in [0.1, 0.15) is 6.92 Å². The van der Waals surface area contributed by atoms with Crippen LogP contribution in [0.4, 0.5) is 4.39 Å². The molecular weight excluding hydrogens is 83.0 g/mol. The fourth-order valence-electron chi connectivity index (χ4n) is 0.174. The Morgan fingerprint density at radius 1 is 1.67 bits per heavy atom. The quantitative estimate of drug-likeness (QED) is 0.437. The molecule has 1 saturated heterocycles. The first kappa shape index (κ1) is 4.02. The molecule has 0 radical (unpaired) electrons. The highest BCUT2D eigenvalue weighted by Crippen LogP contribution is 2.06. The molecule has 2 N–H and O–H groups in total. The van der Waals surface area contributed by atoms with E-state index in [4.69, 9.17) is 0 Å². The lowest BCUT2D eigenvalue weighted by Gasteiger charge is -1.89. The third-order valence-electron chi connectivity index (χ3n) is 0.819. The van der Waals surface area contributed by atoms with Crippen molar-refractivity contribution >= 4 is 0 Å². The van der Waals surface area contributed by atoms with E-state index in [9.17, 15) is 4.39 Å². The van der Waals surface area contributed by atoms with Crippen molar-refractivity contribution in [2.45, 2.75) is 12.6 Å². The zero-order valence-corrected chi connectivity index (χ0v) is 3.59. The van der Waals surface area contributed by atoms with Crippen molar-refractivity contribution < 1.29 is 4.39 Å². The van der Waals surface area contributed by atoms with E-state index in [1.165, 1.54) is 0 Å². The molecule has 1 aliphatic rings. The fraction of sp³-hybridized carbons (Fsp3) is 1.00. The largest absolute Gasteiger partial charge is 0.247 e. The van der Waals surface area contributed by atoms with Crippen LogP contribution in [0.15, 0.2) is 0 Å². The molecule has 0 aromatic carbocycles. The molecule has 36 valence electrons. The minimum atomic E-state index is -0.375. The Morgan fingerprint density at radius 2 is 2.17 bits per heavy atom. The van der Waals surface area contributed by atoms with Gasteiger partial charge >= 0.3 is 0 Å². The van der Waals surface area contributed by atoms with Gasteiger partial charge in [0.2, 0.25) is 0 Å². The van der Waals surface area contributed by atoms with Gasteiger partial charge in [0.1, 0.15) is 12.3 Å². The van der Waals surface area contributed by atoms with Crippen LogP contribution in [0.2, 0.25) is 0 Å². The van der Waals surface area contributed by atoms with Gasteiger partial charge in [-0.15, -0.1) is 0 Å². The average Bonchev–Trinajstić information content (AvgIpc) is 2.22. The van der Waals surface area contributed by atoms with Gasteiger partial charge in [0.25, 0.3) is 0 Å². The van der Waals surface area contributed by atoms with E-state index in [0.717, 1.165) is 0 Å². The predicted molar refractivity (Wildman–Crippen MR) is 20.7 cm³/mol. The van der Waals surface area contributed by atoms with E-state index in [1.807, 2.05) is 0 Å². The first-order valence-corrected chi connectivity index (χ1v) is 1.87. The molecule has 0 bridgehead atoms. The number of rotatable bonds is 1. The lowest BCUT2D eigenvalue weighted by molar-refractivity contribution is 0.414. The van der Waals surface area contributed by atoms with E-state index >= 15 is 0 Å². The summed E-state index contributed by atoms with van der Waals surface area (Å²) in [5.41, 5.74) is 4.90. The molecule has 0 aromatic heterocycles. The van der Waals surface area contributed by atoms with Crippen LogP contribution in [0.25, 0.3) is 0 Å². The zero-order valence-electron chi connectivity index (χ0n) is 3.59. The van der Waals surface area contributed by atoms with Gasteiger partial charge < -0.3 is 0 Å². The SMILES string of the molecule is CC1(CF)NN1.